The number of carbonyl (C=O) groups is 2. The van der Waals surface area contributed by atoms with Crippen molar-refractivity contribution in [3.63, 3.8) is 0 Å². The summed E-state index contributed by atoms with van der Waals surface area (Å²) in [7, 11) is 0. The molecule has 0 bridgehead atoms. The van der Waals surface area contributed by atoms with Crippen molar-refractivity contribution in [3.05, 3.63) is 99.1 Å². The lowest BCUT2D eigenvalue weighted by Crippen LogP contribution is -2.42. The van der Waals surface area contributed by atoms with Crippen LogP contribution in [0.2, 0.25) is 0 Å². The van der Waals surface area contributed by atoms with E-state index in [-0.39, 0.29) is 19.7 Å². The van der Waals surface area contributed by atoms with E-state index in [1.54, 1.807) is 67.6 Å². The number of fused-ring (bicyclic) bond motifs is 1. The van der Waals surface area contributed by atoms with Crippen molar-refractivity contribution in [3.8, 4) is 0 Å². The first-order valence-corrected chi connectivity index (χ1v) is 10.3. The van der Waals surface area contributed by atoms with Crippen LogP contribution >= 0.6 is 0 Å². The van der Waals surface area contributed by atoms with Crippen molar-refractivity contribution < 1.29 is 18.7 Å². The van der Waals surface area contributed by atoms with Crippen LogP contribution in [0.15, 0.2) is 80.9 Å². The van der Waals surface area contributed by atoms with Crippen LogP contribution in [0.25, 0.3) is 10.9 Å². The number of para-hydroxylation sites is 1. The fourth-order valence-electron chi connectivity index (χ4n) is 3.47. The van der Waals surface area contributed by atoms with Crippen molar-refractivity contribution in [2.75, 3.05) is 11.9 Å². The third-order valence-corrected chi connectivity index (χ3v) is 5.01. The van der Waals surface area contributed by atoms with Crippen LogP contribution in [0.4, 0.5) is 5.69 Å². The van der Waals surface area contributed by atoms with E-state index >= 15 is 0 Å². The Hall–Kier alpha value is -4.40. The van der Waals surface area contributed by atoms with Gasteiger partial charge >= 0.3 is 11.7 Å². The molecule has 0 spiro atoms. The molecule has 1 N–H and O–H groups in total. The monoisotopic (exact) mass is 447 g/mol. The molecule has 9 heteroatoms. The molecular formula is C24H21N3O6. The zero-order valence-electron chi connectivity index (χ0n) is 17.8. The van der Waals surface area contributed by atoms with Crippen molar-refractivity contribution in [2.24, 2.45) is 0 Å². The quantitative estimate of drug-likeness (QED) is 0.436. The van der Waals surface area contributed by atoms with Gasteiger partial charge in [-0.1, -0.05) is 12.1 Å². The van der Waals surface area contributed by atoms with Crippen molar-refractivity contribution >= 4 is 28.5 Å². The number of furan rings is 1. The summed E-state index contributed by atoms with van der Waals surface area (Å²) in [5.41, 5.74) is 0.0912. The number of aromatic nitrogens is 2. The number of nitrogens with one attached hydrogen (secondary N) is 1. The first kappa shape index (κ1) is 21.8. The number of hydrogen-bond acceptors (Lipinski definition) is 6. The van der Waals surface area contributed by atoms with E-state index in [2.05, 4.69) is 5.32 Å². The maximum atomic E-state index is 13.2. The van der Waals surface area contributed by atoms with Gasteiger partial charge < -0.3 is 14.5 Å². The van der Waals surface area contributed by atoms with Crippen LogP contribution < -0.4 is 16.6 Å². The Kier molecular flexibility index (Phi) is 6.21. The molecule has 1 amide bonds. The number of amides is 1. The van der Waals surface area contributed by atoms with E-state index in [1.165, 1.54) is 10.8 Å². The summed E-state index contributed by atoms with van der Waals surface area (Å²) in [6, 6.07) is 16.2. The number of hydrogen-bond donors (Lipinski definition) is 1. The second kappa shape index (κ2) is 9.39. The fraction of sp³-hybridized carbons (Fsp3) is 0.167. The third kappa shape index (κ3) is 4.62. The van der Waals surface area contributed by atoms with Gasteiger partial charge in [0.25, 0.3) is 5.56 Å². The molecule has 0 unspecified atom stereocenters. The zero-order chi connectivity index (χ0) is 23.4. The van der Waals surface area contributed by atoms with Crippen LogP contribution in [0.5, 0.6) is 0 Å². The summed E-state index contributed by atoms with van der Waals surface area (Å²) in [5.74, 6) is -0.469. The van der Waals surface area contributed by atoms with Crippen molar-refractivity contribution in [2.45, 2.75) is 20.0 Å². The number of benzene rings is 2. The van der Waals surface area contributed by atoms with Gasteiger partial charge in [0, 0.05) is 5.69 Å². The van der Waals surface area contributed by atoms with E-state index in [0.717, 1.165) is 4.57 Å². The fourth-order valence-corrected chi connectivity index (χ4v) is 3.47. The van der Waals surface area contributed by atoms with Gasteiger partial charge in [-0.15, -0.1) is 0 Å². The minimum absolute atomic E-state index is 0.0492. The molecule has 0 atom stereocenters. The third-order valence-electron chi connectivity index (χ3n) is 5.01. The van der Waals surface area contributed by atoms with E-state index < -0.39 is 23.1 Å². The van der Waals surface area contributed by atoms with E-state index in [0.29, 0.717) is 27.9 Å². The van der Waals surface area contributed by atoms with Gasteiger partial charge in [0.1, 0.15) is 12.3 Å². The number of anilines is 1. The van der Waals surface area contributed by atoms with Crippen LogP contribution in [0, 0.1) is 0 Å². The SMILES string of the molecule is CCOC(=O)c1ccc(NC(=O)Cn2c(=O)n(Cc3ccco3)c(=O)c3ccccc32)cc1. The largest absolute Gasteiger partial charge is 0.467 e. The summed E-state index contributed by atoms with van der Waals surface area (Å²) in [4.78, 5) is 50.6. The van der Waals surface area contributed by atoms with E-state index in [4.69, 9.17) is 9.15 Å². The molecule has 0 saturated heterocycles. The Bertz CT molecular complexity index is 1420. The maximum absolute atomic E-state index is 13.2. The van der Waals surface area contributed by atoms with E-state index in [9.17, 15) is 19.2 Å². The summed E-state index contributed by atoms with van der Waals surface area (Å²) in [6.07, 6.45) is 1.46. The summed E-state index contributed by atoms with van der Waals surface area (Å²) in [6.45, 7) is 1.63. The summed E-state index contributed by atoms with van der Waals surface area (Å²) in [5, 5.41) is 3.02. The molecule has 0 aliphatic rings. The Morgan fingerprint density at radius 3 is 2.42 bits per heavy atom. The lowest BCUT2D eigenvalue weighted by atomic mass is 10.2. The van der Waals surface area contributed by atoms with Gasteiger partial charge in [0.15, 0.2) is 0 Å². The molecule has 2 aromatic carbocycles. The first-order chi connectivity index (χ1) is 16.0. The smallest absolute Gasteiger partial charge is 0.338 e. The second-order valence-electron chi connectivity index (χ2n) is 7.20. The Balaban J connectivity index is 1.63. The van der Waals surface area contributed by atoms with Crippen LogP contribution in [0.1, 0.15) is 23.0 Å². The maximum Gasteiger partial charge on any atom is 0.338 e. The average molecular weight is 447 g/mol. The molecule has 4 aromatic rings. The molecule has 168 valence electrons. The van der Waals surface area contributed by atoms with Gasteiger partial charge in [0.2, 0.25) is 5.91 Å². The summed E-state index contributed by atoms with van der Waals surface area (Å²) < 4.78 is 12.5. The van der Waals surface area contributed by atoms with E-state index in [1.807, 2.05) is 0 Å². The molecule has 9 nitrogen and oxygen atoms in total. The van der Waals surface area contributed by atoms with Crippen LogP contribution in [0.3, 0.4) is 0 Å². The predicted octanol–water partition coefficient (Wildman–Crippen LogP) is 2.62. The van der Waals surface area contributed by atoms with Crippen molar-refractivity contribution in [1.82, 2.24) is 9.13 Å². The lowest BCUT2D eigenvalue weighted by molar-refractivity contribution is -0.116. The topological polar surface area (TPSA) is 113 Å². The zero-order valence-corrected chi connectivity index (χ0v) is 17.8. The predicted molar refractivity (Wildman–Crippen MR) is 121 cm³/mol. The van der Waals surface area contributed by atoms with Gasteiger partial charge in [-0.2, -0.15) is 0 Å². The normalized spacial score (nSPS) is 10.8. The number of rotatable bonds is 7. The standard InChI is InChI=1S/C24H21N3O6/c1-2-32-23(30)16-9-11-17(12-10-16)25-21(28)15-26-20-8-4-3-7-19(20)22(29)27(24(26)31)14-18-6-5-13-33-18/h3-13H,2,14-15H2,1H3,(H,25,28). The lowest BCUT2D eigenvalue weighted by Gasteiger charge is -2.14. The number of nitrogens with zero attached hydrogens (tertiary/aromatic N) is 2. The molecule has 4 rings (SSSR count). The molecule has 0 aliphatic carbocycles. The molecule has 0 radical (unpaired) electrons. The number of ether oxygens (including phenoxy) is 1. The molecule has 2 aromatic heterocycles. The van der Waals surface area contributed by atoms with Crippen molar-refractivity contribution in [1.29, 1.82) is 0 Å². The molecule has 2 heterocycles. The molecule has 0 saturated carbocycles. The molecule has 0 aliphatic heterocycles. The van der Waals surface area contributed by atoms with Crippen LogP contribution in [-0.4, -0.2) is 27.6 Å². The highest BCUT2D eigenvalue weighted by molar-refractivity contribution is 5.93. The second-order valence-corrected chi connectivity index (χ2v) is 7.20. The van der Waals surface area contributed by atoms with Gasteiger partial charge in [0.05, 0.1) is 35.9 Å². The average Bonchev–Trinajstić information content (AvgIpc) is 3.33. The van der Waals surface area contributed by atoms with Gasteiger partial charge in [-0.3, -0.25) is 18.7 Å². The highest BCUT2D eigenvalue weighted by Crippen LogP contribution is 2.12. The first-order valence-electron chi connectivity index (χ1n) is 10.3. The van der Waals surface area contributed by atoms with Gasteiger partial charge in [-0.25, -0.2) is 9.59 Å². The Labute approximate surface area is 187 Å². The highest BCUT2D eigenvalue weighted by Gasteiger charge is 2.16. The molecule has 33 heavy (non-hydrogen) atoms. The minimum Gasteiger partial charge on any atom is -0.467 e. The Morgan fingerprint density at radius 1 is 0.970 bits per heavy atom. The number of carbonyl (C=O) groups excluding carboxylic acids is 2. The highest BCUT2D eigenvalue weighted by atomic mass is 16.5. The Morgan fingerprint density at radius 2 is 1.73 bits per heavy atom. The summed E-state index contributed by atoms with van der Waals surface area (Å²) >= 11 is 0. The van der Waals surface area contributed by atoms with Gasteiger partial charge in [-0.05, 0) is 55.5 Å². The number of esters is 1. The minimum atomic E-state index is -0.622. The molecule has 0 fully saturated rings. The molecular weight excluding hydrogens is 426 g/mol. The van der Waals surface area contributed by atoms with Crippen LogP contribution in [-0.2, 0) is 22.6 Å².